The summed E-state index contributed by atoms with van der Waals surface area (Å²) in [6.07, 6.45) is 1.88. The highest BCUT2D eigenvalue weighted by atomic mass is 16.2. The molecular weight excluding hydrogens is 264 g/mol. The Balaban J connectivity index is 1.94. The van der Waals surface area contributed by atoms with E-state index in [1.165, 1.54) is 5.56 Å². The Hall–Kier alpha value is -2.30. The molecular formula is C16H22N4O. The fraction of sp³-hybridized carbons (Fsp3) is 0.375. The number of nitrogens with two attached hydrogens (primary N) is 1. The van der Waals surface area contributed by atoms with E-state index in [2.05, 4.69) is 17.2 Å². The van der Waals surface area contributed by atoms with Crippen molar-refractivity contribution in [3.05, 3.63) is 47.3 Å². The van der Waals surface area contributed by atoms with Crippen LogP contribution in [0.25, 0.3) is 0 Å². The molecule has 0 fully saturated rings. The molecule has 2 aromatic rings. The van der Waals surface area contributed by atoms with Crippen molar-refractivity contribution in [1.82, 2.24) is 14.7 Å². The van der Waals surface area contributed by atoms with E-state index < -0.39 is 0 Å². The van der Waals surface area contributed by atoms with Gasteiger partial charge in [-0.15, -0.1) is 0 Å². The van der Waals surface area contributed by atoms with E-state index in [0.717, 1.165) is 12.8 Å². The van der Waals surface area contributed by atoms with Crippen LogP contribution >= 0.6 is 0 Å². The second-order valence-corrected chi connectivity index (χ2v) is 5.29. The lowest BCUT2D eigenvalue weighted by molar-refractivity contribution is 0.0784. The van der Waals surface area contributed by atoms with Crippen molar-refractivity contribution in [3.8, 4) is 0 Å². The summed E-state index contributed by atoms with van der Waals surface area (Å²) in [6, 6.07) is 10.3. The van der Waals surface area contributed by atoms with Crippen LogP contribution < -0.4 is 5.73 Å². The van der Waals surface area contributed by atoms with Gasteiger partial charge in [-0.25, -0.2) is 0 Å². The number of hydrogen-bond donors (Lipinski definition) is 1. The van der Waals surface area contributed by atoms with Crippen LogP contribution in [0.4, 0.5) is 5.69 Å². The van der Waals surface area contributed by atoms with Gasteiger partial charge in [-0.05, 0) is 25.3 Å². The van der Waals surface area contributed by atoms with E-state index in [4.69, 9.17) is 5.73 Å². The molecule has 0 bridgehead atoms. The summed E-state index contributed by atoms with van der Waals surface area (Å²) in [7, 11) is 3.55. The number of anilines is 1. The molecule has 0 saturated carbocycles. The molecule has 5 nitrogen and oxygen atoms in total. The average molecular weight is 286 g/mol. The second-order valence-electron chi connectivity index (χ2n) is 5.29. The van der Waals surface area contributed by atoms with Gasteiger partial charge in [0, 0.05) is 20.6 Å². The van der Waals surface area contributed by atoms with Crippen LogP contribution in [0, 0.1) is 6.92 Å². The van der Waals surface area contributed by atoms with Gasteiger partial charge in [-0.3, -0.25) is 9.48 Å². The number of hydrogen-bond acceptors (Lipinski definition) is 3. The van der Waals surface area contributed by atoms with E-state index in [9.17, 15) is 4.79 Å². The minimum atomic E-state index is -0.0799. The van der Waals surface area contributed by atoms with Gasteiger partial charge in [0.15, 0.2) is 0 Å². The number of carbonyl (C=O) groups excluding carboxylic acids is 1. The maximum absolute atomic E-state index is 12.4. The largest absolute Gasteiger partial charge is 0.395 e. The van der Waals surface area contributed by atoms with Gasteiger partial charge < -0.3 is 10.6 Å². The molecule has 2 N–H and O–H groups in total. The Morgan fingerprint density at radius 2 is 2.00 bits per heavy atom. The molecule has 0 aliphatic rings. The van der Waals surface area contributed by atoms with E-state index in [-0.39, 0.29) is 5.91 Å². The molecule has 0 unspecified atom stereocenters. The predicted molar refractivity (Wildman–Crippen MR) is 84.1 cm³/mol. The van der Waals surface area contributed by atoms with E-state index in [1.807, 2.05) is 25.1 Å². The number of nitrogens with zero attached hydrogens (tertiary/aromatic N) is 3. The molecule has 1 aromatic carbocycles. The lowest BCUT2D eigenvalue weighted by Crippen LogP contribution is -2.30. The summed E-state index contributed by atoms with van der Waals surface area (Å²) >= 11 is 0. The van der Waals surface area contributed by atoms with Crippen molar-refractivity contribution < 1.29 is 4.79 Å². The highest BCUT2D eigenvalue weighted by molar-refractivity contribution is 5.97. The minimum absolute atomic E-state index is 0.0799. The first kappa shape index (κ1) is 15.1. The third-order valence-electron chi connectivity index (χ3n) is 3.62. The molecule has 0 spiro atoms. The molecule has 1 heterocycles. The van der Waals surface area contributed by atoms with Gasteiger partial charge in [0.2, 0.25) is 0 Å². The van der Waals surface area contributed by atoms with Crippen LogP contribution in [-0.4, -0.2) is 34.2 Å². The summed E-state index contributed by atoms with van der Waals surface area (Å²) < 4.78 is 1.56. The smallest absolute Gasteiger partial charge is 0.274 e. The lowest BCUT2D eigenvalue weighted by atomic mass is 10.1. The molecule has 0 aliphatic carbocycles. The Labute approximate surface area is 125 Å². The molecule has 112 valence electrons. The van der Waals surface area contributed by atoms with Crippen LogP contribution in [0.15, 0.2) is 30.3 Å². The SMILES string of the molecule is Cc1nn(C)c(C(=O)N(C)CCCc2ccccc2)c1N. The van der Waals surface area contributed by atoms with Crippen LogP contribution in [-0.2, 0) is 13.5 Å². The third-order valence-corrected chi connectivity index (χ3v) is 3.62. The van der Waals surface area contributed by atoms with Gasteiger partial charge in [-0.1, -0.05) is 30.3 Å². The molecule has 5 heteroatoms. The zero-order valence-corrected chi connectivity index (χ0v) is 12.8. The van der Waals surface area contributed by atoms with Gasteiger partial charge in [-0.2, -0.15) is 5.10 Å². The number of carbonyl (C=O) groups is 1. The number of benzene rings is 1. The summed E-state index contributed by atoms with van der Waals surface area (Å²) in [5.41, 5.74) is 8.85. The van der Waals surface area contributed by atoms with E-state index >= 15 is 0 Å². The van der Waals surface area contributed by atoms with Crippen molar-refractivity contribution >= 4 is 11.6 Å². The lowest BCUT2D eigenvalue weighted by Gasteiger charge is -2.17. The van der Waals surface area contributed by atoms with Crippen molar-refractivity contribution in [3.63, 3.8) is 0 Å². The topological polar surface area (TPSA) is 64.2 Å². The number of aromatic nitrogens is 2. The second kappa shape index (κ2) is 6.43. The number of nitrogen functional groups attached to an aromatic ring is 1. The molecule has 0 atom stereocenters. The first-order valence-electron chi connectivity index (χ1n) is 7.09. The molecule has 21 heavy (non-hydrogen) atoms. The summed E-state index contributed by atoms with van der Waals surface area (Å²) in [6.45, 7) is 2.50. The predicted octanol–water partition coefficient (Wildman–Crippen LogP) is 2.02. The standard InChI is InChI=1S/C16H22N4O/c1-12-14(17)15(20(3)18-12)16(21)19(2)11-7-10-13-8-5-4-6-9-13/h4-6,8-9H,7,10-11,17H2,1-3H3. The Kier molecular flexibility index (Phi) is 4.62. The highest BCUT2D eigenvalue weighted by Crippen LogP contribution is 2.17. The molecule has 2 rings (SSSR count). The summed E-state index contributed by atoms with van der Waals surface area (Å²) in [5.74, 6) is -0.0799. The normalized spacial score (nSPS) is 10.6. The van der Waals surface area contributed by atoms with Gasteiger partial charge >= 0.3 is 0 Å². The first-order chi connectivity index (χ1) is 10.0. The third kappa shape index (κ3) is 3.42. The zero-order chi connectivity index (χ0) is 15.4. The monoisotopic (exact) mass is 286 g/mol. The van der Waals surface area contributed by atoms with Crippen molar-refractivity contribution in [1.29, 1.82) is 0 Å². The Bertz CT molecular complexity index is 619. The fourth-order valence-corrected chi connectivity index (χ4v) is 2.38. The Morgan fingerprint density at radius 3 is 2.57 bits per heavy atom. The summed E-state index contributed by atoms with van der Waals surface area (Å²) in [5, 5.41) is 4.19. The zero-order valence-electron chi connectivity index (χ0n) is 12.8. The maximum Gasteiger partial charge on any atom is 0.274 e. The van der Waals surface area contributed by atoms with Gasteiger partial charge in [0.25, 0.3) is 5.91 Å². The average Bonchev–Trinajstić information content (AvgIpc) is 2.72. The number of aryl methyl sites for hydroxylation is 3. The number of amides is 1. The van der Waals surface area contributed by atoms with Crippen LogP contribution in [0.3, 0.4) is 0 Å². The molecule has 0 saturated heterocycles. The first-order valence-corrected chi connectivity index (χ1v) is 7.09. The quantitative estimate of drug-likeness (QED) is 0.914. The van der Waals surface area contributed by atoms with E-state index in [1.54, 1.807) is 23.7 Å². The molecule has 1 aromatic heterocycles. The van der Waals surface area contributed by atoms with Crippen molar-refractivity contribution in [2.24, 2.45) is 7.05 Å². The maximum atomic E-state index is 12.4. The molecule has 1 amide bonds. The summed E-state index contributed by atoms with van der Waals surface area (Å²) in [4.78, 5) is 14.1. The van der Waals surface area contributed by atoms with Crippen molar-refractivity contribution in [2.75, 3.05) is 19.3 Å². The van der Waals surface area contributed by atoms with Crippen LogP contribution in [0.1, 0.15) is 28.2 Å². The minimum Gasteiger partial charge on any atom is -0.395 e. The molecule has 0 aliphatic heterocycles. The van der Waals surface area contributed by atoms with Crippen LogP contribution in [0.2, 0.25) is 0 Å². The fourth-order valence-electron chi connectivity index (χ4n) is 2.38. The Morgan fingerprint density at radius 1 is 1.33 bits per heavy atom. The van der Waals surface area contributed by atoms with Gasteiger partial charge in [0.1, 0.15) is 5.69 Å². The molecule has 0 radical (unpaired) electrons. The number of rotatable bonds is 5. The van der Waals surface area contributed by atoms with Gasteiger partial charge in [0.05, 0.1) is 11.4 Å². The van der Waals surface area contributed by atoms with Crippen LogP contribution in [0.5, 0.6) is 0 Å². The van der Waals surface area contributed by atoms with E-state index in [0.29, 0.717) is 23.6 Å². The highest BCUT2D eigenvalue weighted by Gasteiger charge is 2.20. The van der Waals surface area contributed by atoms with Crippen molar-refractivity contribution in [2.45, 2.75) is 19.8 Å².